The summed E-state index contributed by atoms with van der Waals surface area (Å²) in [4.78, 5) is 9.33. The smallest absolute Gasteiger partial charge is 0.189 e. The van der Waals surface area contributed by atoms with Gasteiger partial charge in [-0.1, -0.05) is 26.0 Å². The molecule has 0 saturated heterocycles. The highest BCUT2D eigenvalue weighted by Crippen LogP contribution is 2.50. The van der Waals surface area contributed by atoms with Crippen LogP contribution in [0, 0.1) is 12.5 Å². The zero-order chi connectivity index (χ0) is 14.1. The van der Waals surface area contributed by atoms with E-state index in [1.54, 1.807) is 0 Å². The fourth-order valence-corrected chi connectivity index (χ4v) is 3.16. The standard InChI is InChI=1S/C17H21N3/c1-4-20(5-2)11-12-8-15(12)16-10-19-17-9-13(18-3)6-7-14(16)17/h6-7,9-10,12,15,19H,4-5,8,11H2,1-2H3/t12-,15+/m1/s1. The van der Waals surface area contributed by atoms with Crippen molar-refractivity contribution in [1.82, 2.24) is 9.88 Å². The van der Waals surface area contributed by atoms with E-state index in [0.717, 1.165) is 24.5 Å². The van der Waals surface area contributed by atoms with Gasteiger partial charge in [0.1, 0.15) is 0 Å². The van der Waals surface area contributed by atoms with Gasteiger partial charge < -0.3 is 9.88 Å². The van der Waals surface area contributed by atoms with Crippen molar-refractivity contribution in [3.63, 3.8) is 0 Å². The van der Waals surface area contributed by atoms with Crippen molar-refractivity contribution in [3.05, 3.63) is 41.4 Å². The van der Waals surface area contributed by atoms with E-state index in [0.29, 0.717) is 11.6 Å². The van der Waals surface area contributed by atoms with Crippen LogP contribution in [0.2, 0.25) is 0 Å². The van der Waals surface area contributed by atoms with Gasteiger partial charge in [-0.05, 0) is 43.0 Å². The lowest BCUT2D eigenvalue weighted by molar-refractivity contribution is 0.289. The van der Waals surface area contributed by atoms with Crippen molar-refractivity contribution in [1.29, 1.82) is 0 Å². The Kier molecular flexibility index (Phi) is 3.50. The zero-order valence-corrected chi connectivity index (χ0v) is 12.2. The first-order valence-electron chi connectivity index (χ1n) is 7.47. The van der Waals surface area contributed by atoms with E-state index in [1.165, 1.54) is 23.9 Å². The van der Waals surface area contributed by atoms with Crippen LogP contribution in [0.1, 0.15) is 31.7 Å². The highest BCUT2D eigenvalue weighted by Gasteiger charge is 2.40. The molecule has 3 rings (SSSR count). The van der Waals surface area contributed by atoms with E-state index in [1.807, 2.05) is 12.1 Å². The molecule has 0 spiro atoms. The fraction of sp³-hybridized carbons (Fsp3) is 0.471. The Labute approximate surface area is 120 Å². The van der Waals surface area contributed by atoms with Crippen LogP contribution < -0.4 is 0 Å². The number of H-pyrrole nitrogens is 1. The summed E-state index contributed by atoms with van der Waals surface area (Å²) in [6.07, 6.45) is 3.44. The molecule has 0 unspecified atom stereocenters. The quantitative estimate of drug-likeness (QED) is 0.808. The van der Waals surface area contributed by atoms with Crippen LogP contribution in [-0.4, -0.2) is 29.5 Å². The summed E-state index contributed by atoms with van der Waals surface area (Å²) in [5, 5.41) is 1.30. The number of nitrogens with one attached hydrogen (secondary N) is 1. The van der Waals surface area contributed by atoms with Gasteiger partial charge in [0.05, 0.1) is 6.57 Å². The maximum absolute atomic E-state index is 7.08. The van der Waals surface area contributed by atoms with E-state index < -0.39 is 0 Å². The van der Waals surface area contributed by atoms with E-state index in [-0.39, 0.29) is 0 Å². The number of benzene rings is 1. The van der Waals surface area contributed by atoms with Gasteiger partial charge in [-0.3, -0.25) is 0 Å². The summed E-state index contributed by atoms with van der Waals surface area (Å²) in [5.41, 5.74) is 3.25. The van der Waals surface area contributed by atoms with Gasteiger partial charge in [0.25, 0.3) is 0 Å². The number of hydrogen-bond acceptors (Lipinski definition) is 1. The third-order valence-corrected chi connectivity index (χ3v) is 4.54. The van der Waals surface area contributed by atoms with E-state index >= 15 is 0 Å². The minimum atomic E-state index is 0.697. The predicted molar refractivity (Wildman–Crippen MR) is 83.2 cm³/mol. The highest BCUT2D eigenvalue weighted by molar-refractivity contribution is 5.87. The molecule has 0 bridgehead atoms. The number of hydrogen-bond donors (Lipinski definition) is 1. The summed E-state index contributed by atoms with van der Waals surface area (Å²) >= 11 is 0. The van der Waals surface area contributed by atoms with Crippen LogP contribution in [0.15, 0.2) is 24.4 Å². The molecular weight excluding hydrogens is 246 g/mol. The lowest BCUT2D eigenvalue weighted by Gasteiger charge is -2.17. The third-order valence-electron chi connectivity index (χ3n) is 4.54. The van der Waals surface area contributed by atoms with E-state index in [4.69, 9.17) is 6.57 Å². The summed E-state index contributed by atoms with van der Waals surface area (Å²) in [7, 11) is 0. The molecule has 20 heavy (non-hydrogen) atoms. The topological polar surface area (TPSA) is 23.4 Å². The Morgan fingerprint density at radius 3 is 2.85 bits per heavy atom. The Hall–Kier alpha value is -1.79. The van der Waals surface area contributed by atoms with Crippen molar-refractivity contribution >= 4 is 16.6 Å². The average Bonchev–Trinajstić information content (AvgIpc) is 3.12. The van der Waals surface area contributed by atoms with Gasteiger partial charge in [0.15, 0.2) is 5.69 Å². The van der Waals surface area contributed by atoms with Gasteiger partial charge in [0, 0.05) is 23.6 Å². The first-order chi connectivity index (χ1) is 9.76. The first kappa shape index (κ1) is 13.2. The van der Waals surface area contributed by atoms with Gasteiger partial charge >= 0.3 is 0 Å². The molecule has 2 aromatic rings. The number of fused-ring (bicyclic) bond motifs is 1. The van der Waals surface area contributed by atoms with Gasteiger partial charge in [-0.25, -0.2) is 4.85 Å². The van der Waals surface area contributed by atoms with Crippen molar-refractivity contribution < 1.29 is 0 Å². The minimum Gasteiger partial charge on any atom is -0.362 e. The second-order valence-corrected chi connectivity index (χ2v) is 5.67. The summed E-state index contributed by atoms with van der Waals surface area (Å²) in [5.74, 6) is 1.50. The van der Waals surface area contributed by atoms with Crippen LogP contribution in [0.4, 0.5) is 5.69 Å². The minimum absolute atomic E-state index is 0.697. The molecule has 1 aromatic carbocycles. The average molecular weight is 267 g/mol. The molecule has 1 heterocycles. The molecule has 0 radical (unpaired) electrons. The molecule has 3 heteroatoms. The Morgan fingerprint density at radius 1 is 1.35 bits per heavy atom. The highest BCUT2D eigenvalue weighted by atomic mass is 15.1. The molecular formula is C17H21N3. The molecule has 1 aliphatic rings. The number of aromatic nitrogens is 1. The lowest BCUT2D eigenvalue weighted by atomic mass is 10.1. The predicted octanol–water partition coefficient (Wildman–Crippen LogP) is 4.16. The Bertz CT molecular complexity index is 646. The molecule has 1 aliphatic carbocycles. The van der Waals surface area contributed by atoms with Crippen LogP contribution in [0.5, 0.6) is 0 Å². The van der Waals surface area contributed by atoms with Crippen LogP contribution in [0.25, 0.3) is 15.7 Å². The third kappa shape index (κ3) is 2.32. The molecule has 104 valence electrons. The molecule has 1 N–H and O–H groups in total. The largest absolute Gasteiger partial charge is 0.362 e. The van der Waals surface area contributed by atoms with Gasteiger partial charge in [0.2, 0.25) is 0 Å². The lowest BCUT2D eigenvalue weighted by Crippen LogP contribution is -2.25. The van der Waals surface area contributed by atoms with Crippen molar-refractivity contribution in [3.8, 4) is 0 Å². The molecule has 1 fully saturated rings. The first-order valence-corrected chi connectivity index (χ1v) is 7.47. The van der Waals surface area contributed by atoms with E-state index in [9.17, 15) is 0 Å². The maximum atomic E-state index is 7.08. The molecule has 3 nitrogen and oxygen atoms in total. The van der Waals surface area contributed by atoms with Gasteiger partial charge in [-0.15, -0.1) is 0 Å². The second-order valence-electron chi connectivity index (χ2n) is 5.67. The molecule has 1 saturated carbocycles. The number of nitrogens with zero attached hydrogens (tertiary/aromatic N) is 2. The summed E-state index contributed by atoms with van der Waals surface area (Å²) < 4.78 is 0. The summed E-state index contributed by atoms with van der Waals surface area (Å²) in [6.45, 7) is 15.0. The Morgan fingerprint density at radius 2 is 2.15 bits per heavy atom. The maximum Gasteiger partial charge on any atom is 0.189 e. The Balaban J connectivity index is 1.78. The normalized spacial score (nSPS) is 21.3. The summed E-state index contributed by atoms with van der Waals surface area (Å²) in [6, 6.07) is 5.98. The van der Waals surface area contributed by atoms with Crippen LogP contribution in [-0.2, 0) is 0 Å². The molecule has 1 aromatic heterocycles. The van der Waals surface area contributed by atoms with Crippen molar-refractivity contribution in [2.24, 2.45) is 5.92 Å². The van der Waals surface area contributed by atoms with Crippen LogP contribution >= 0.6 is 0 Å². The number of aromatic amines is 1. The van der Waals surface area contributed by atoms with Crippen molar-refractivity contribution in [2.75, 3.05) is 19.6 Å². The van der Waals surface area contributed by atoms with Gasteiger partial charge in [-0.2, -0.15) is 0 Å². The monoisotopic (exact) mass is 267 g/mol. The second kappa shape index (κ2) is 5.30. The fourth-order valence-electron chi connectivity index (χ4n) is 3.16. The molecule has 0 amide bonds. The molecule has 0 aliphatic heterocycles. The van der Waals surface area contributed by atoms with Crippen LogP contribution in [0.3, 0.4) is 0 Å². The SMILES string of the molecule is [C-]#[N+]c1ccc2c([C@H]3C[C@@H]3CN(CC)CC)c[nH]c2c1. The molecule has 2 atom stereocenters. The van der Waals surface area contributed by atoms with Crippen molar-refractivity contribution in [2.45, 2.75) is 26.2 Å². The zero-order valence-electron chi connectivity index (χ0n) is 12.2. The van der Waals surface area contributed by atoms with E-state index in [2.05, 4.69) is 40.8 Å². The number of rotatable bonds is 5.